The van der Waals surface area contributed by atoms with Crippen molar-refractivity contribution in [2.45, 2.75) is 76.4 Å². The van der Waals surface area contributed by atoms with Crippen LogP contribution < -0.4 is 0 Å². The average Bonchev–Trinajstić information content (AvgIpc) is 3.04. The molecule has 2 fully saturated rings. The molecule has 1 saturated heterocycles. The Balaban J connectivity index is 1.68. The number of halogens is 3. The molecule has 9 heteroatoms. The van der Waals surface area contributed by atoms with E-state index in [1.807, 2.05) is 6.92 Å². The van der Waals surface area contributed by atoms with Crippen LogP contribution >= 0.6 is 0 Å². The number of alkyl halides is 3. The molecule has 3 rings (SSSR count). The number of Topliss-reactive ketones (excluding diaryl/α,β-unsaturated/α-hetero) is 1. The minimum atomic E-state index is -4.42. The molecule has 0 aromatic heterocycles. The highest BCUT2D eigenvalue weighted by molar-refractivity contribution is 7.89. The lowest BCUT2D eigenvalue weighted by Gasteiger charge is -2.48. The van der Waals surface area contributed by atoms with Crippen LogP contribution in [-0.4, -0.2) is 60.9 Å². The average molecular weight is 489 g/mol. The number of nitrogens with zero attached hydrogens (tertiary/aromatic N) is 2. The Morgan fingerprint density at radius 3 is 2.06 bits per heavy atom. The van der Waals surface area contributed by atoms with Gasteiger partial charge in [-0.1, -0.05) is 44.7 Å². The monoisotopic (exact) mass is 488 g/mol. The fourth-order valence-corrected chi connectivity index (χ4v) is 6.77. The summed E-state index contributed by atoms with van der Waals surface area (Å²) in [6.45, 7) is 4.10. The normalized spacial score (nSPS) is 21.0. The molecule has 1 aliphatic carbocycles. The molecular weight excluding hydrogens is 453 g/mol. The molecule has 1 saturated carbocycles. The summed E-state index contributed by atoms with van der Waals surface area (Å²) in [7, 11) is -3.22. The Morgan fingerprint density at radius 2 is 1.55 bits per heavy atom. The van der Waals surface area contributed by atoms with E-state index in [1.54, 1.807) is 4.31 Å². The van der Waals surface area contributed by atoms with E-state index in [-0.39, 0.29) is 23.5 Å². The summed E-state index contributed by atoms with van der Waals surface area (Å²) in [4.78, 5) is 15.2. The minimum Gasteiger partial charge on any atom is -0.295 e. The first-order valence-electron chi connectivity index (χ1n) is 12.0. The largest absolute Gasteiger partial charge is 0.416 e. The van der Waals surface area contributed by atoms with Crippen LogP contribution in [0.4, 0.5) is 13.2 Å². The predicted octanol–water partition coefficient (Wildman–Crippen LogP) is 5.12. The molecule has 0 amide bonds. The number of carbonyl (C=O) groups is 1. The number of hydrogen-bond acceptors (Lipinski definition) is 4. The van der Waals surface area contributed by atoms with Crippen molar-refractivity contribution >= 4 is 15.8 Å². The summed E-state index contributed by atoms with van der Waals surface area (Å²) in [6, 6.07) is 4.46. The Kier molecular flexibility index (Phi) is 8.61. The SMILES string of the molecule is CCCS(=O)(=O)N1CCN(C2(CCC(=O)c3ccc(C(F)(F)F)cc3)CCCCCC2)CC1. The van der Waals surface area contributed by atoms with Crippen LogP contribution in [0.5, 0.6) is 0 Å². The summed E-state index contributed by atoms with van der Waals surface area (Å²) in [5, 5.41) is 0. The zero-order valence-corrected chi connectivity index (χ0v) is 20.2. The van der Waals surface area contributed by atoms with Crippen LogP contribution in [0.1, 0.15) is 80.6 Å². The van der Waals surface area contributed by atoms with Gasteiger partial charge in [0.05, 0.1) is 11.3 Å². The van der Waals surface area contributed by atoms with E-state index in [1.165, 1.54) is 12.1 Å². The third-order valence-corrected chi connectivity index (χ3v) is 9.23. The third kappa shape index (κ3) is 6.57. The van der Waals surface area contributed by atoms with Crippen molar-refractivity contribution in [1.29, 1.82) is 0 Å². The molecule has 5 nitrogen and oxygen atoms in total. The van der Waals surface area contributed by atoms with E-state index in [4.69, 9.17) is 0 Å². The minimum absolute atomic E-state index is 0.142. The standard InChI is InChI=1S/C24H35F3N2O3S/c1-2-19-33(31,32)29-17-15-28(16-18-29)23(12-5-3-4-6-13-23)14-11-22(30)20-7-9-21(10-8-20)24(25,26)27/h7-10H,2-6,11-19H2,1H3. The van der Waals surface area contributed by atoms with Crippen LogP contribution in [0, 0.1) is 0 Å². The number of rotatable bonds is 8. The summed E-state index contributed by atoms with van der Waals surface area (Å²) in [5.74, 6) is 0.0243. The fourth-order valence-electron chi connectivity index (χ4n) is 5.27. The zero-order valence-electron chi connectivity index (χ0n) is 19.4. The Morgan fingerprint density at radius 1 is 0.970 bits per heavy atom. The van der Waals surface area contributed by atoms with Crippen molar-refractivity contribution in [2.24, 2.45) is 0 Å². The van der Waals surface area contributed by atoms with Crippen LogP contribution in [0.3, 0.4) is 0 Å². The van der Waals surface area contributed by atoms with Gasteiger partial charge in [-0.15, -0.1) is 0 Å². The first kappa shape index (κ1) is 26.2. The van der Waals surface area contributed by atoms with Crippen molar-refractivity contribution in [1.82, 2.24) is 9.21 Å². The first-order valence-corrected chi connectivity index (χ1v) is 13.6. The summed E-state index contributed by atoms with van der Waals surface area (Å²) in [6.07, 6.45) is 3.49. The smallest absolute Gasteiger partial charge is 0.295 e. The molecule has 33 heavy (non-hydrogen) atoms. The number of ketones is 1. The van der Waals surface area contributed by atoms with Gasteiger partial charge in [-0.05, 0) is 37.8 Å². The number of benzene rings is 1. The van der Waals surface area contributed by atoms with E-state index >= 15 is 0 Å². The van der Waals surface area contributed by atoms with Crippen molar-refractivity contribution in [2.75, 3.05) is 31.9 Å². The zero-order chi connectivity index (χ0) is 24.1. The topological polar surface area (TPSA) is 57.7 Å². The maximum atomic E-state index is 12.8. The molecule has 186 valence electrons. The van der Waals surface area contributed by atoms with Gasteiger partial charge >= 0.3 is 6.18 Å². The van der Waals surface area contributed by atoms with Gasteiger partial charge in [0.1, 0.15) is 0 Å². The molecule has 0 N–H and O–H groups in total. The van der Waals surface area contributed by atoms with E-state index in [0.29, 0.717) is 44.6 Å². The fraction of sp³-hybridized carbons (Fsp3) is 0.708. The van der Waals surface area contributed by atoms with Gasteiger partial charge in [-0.2, -0.15) is 17.5 Å². The summed E-state index contributed by atoms with van der Waals surface area (Å²) >= 11 is 0. The molecule has 0 atom stereocenters. The molecular formula is C24H35F3N2O3S. The summed E-state index contributed by atoms with van der Waals surface area (Å²) < 4.78 is 65.0. The maximum absolute atomic E-state index is 12.8. The Labute approximate surface area is 195 Å². The van der Waals surface area contributed by atoms with E-state index in [9.17, 15) is 26.4 Å². The molecule has 1 aromatic rings. The molecule has 1 heterocycles. The van der Waals surface area contributed by atoms with E-state index in [0.717, 1.165) is 50.7 Å². The predicted molar refractivity (Wildman–Crippen MR) is 123 cm³/mol. The Hall–Kier alpha value is -1.45. The first-order chi connectivity index (χ1) is 15.6. The number of sulfonamides is 1. The van der Waals surface area contributed by atoms with Crippen molar-refractivity contribution in [3.63, 3.8) is 0 Å². The molecule has 2 aliphatic rings. The van der Waals surface area contributed by atoms with Gasteiger partial charge in [-0.3, -0.25) is 9.69 Å². The van der Waals surface area contributed by atoms with Gasteiger partial charge < -0.3 is 0 Å². The van der Waals surface area contributed by atoms with Gasteiger partial charge in [0.15, 0.2) is 5.78 Å². The van der Waals surface area contributed by atoms with Gasteiger partial charge in [0.2, 0.25) is 10.0 Å². The molecule has 1 aromatic carbocycles. The van der Waals surface area contributed by atoms with Crippen molar-refractivity contribution in [3.8, 4) is 0 Å². The molecule has 0 radical (unpaired) electrons. The lowest BCUT2D eigenvalue weighted by Crippen LogP contribution is -2.58. The van der Waals surface area contributed by atoms with Gasteiger partial charge in [0, 0.05) is 43.7 Å². The van der Waals surface area contributed by atoms with E-state index in [2.05, 4.69) is 4.90 Å². The molecule has 0 bridgehead atoms. The van der Waals surface area contributed by atoms with Crippen molar-refractivity contribution < 1.29 is 26.4 Å². The van der Waals surface area contributed by atoms with Crippen LogP contribution in [-0.2, 0) is 16.2 Å². The second-order valence-electron chi connectivity index (χ2n) is 9.34. The summed E-state index contributed by atoms with van der Waals surface area (Å²) in [5.41, 5.74) is -0.601. The van der Waals surface area contributed by atoms with Gasteiger partial charge in [-0.25, -0.2) is 8.42 Å². The number of hydrogen-bond donors (Lipinski definition) is 0. The van der Waals surface area contributed by atoms with Crippen LogP contribution in [0.15, 0.2) is 24.3 Å². The second-order valence-corrected chi connectivity index (χ2v) is 11.4. The van der Waals surface area contributed by atoms with Gasteiger partial charge in [0.25, 0.3) is 0 Å². The molecule has 0 unspecified atom stereocenters. The molecule has 1 aliphatic heterocycles. The highest BCUT2D eigenvalue weighted by Gasteiger charge is 2.40. The van der Waals surface area contributed by atoms with Crippen molar-refractivity contribution in [3.05, 3.63) is 35.4 Å². The lowest BCUT2D eigenvalue weighted by atomic mass is 9.82. The Bertz CT molecular complexity index is 885. The lowest BCUT2D eigenvalue weighted by molar-refractivity contribution is -0.137. The van der Waals surface area contributed by atoms with Crippen LogP contribution in [0.2, 0.25) is 0 Å². The van der Waals surface area contributed by atoms with E-state index < -0.39 is 21.8 Å². The number of piperazine rings is 1. The van der Waals surface area contributed by atoms with Crippen LogP contribution in [0.25, 0.3) is 0 Å². The number of carbonyl (C=O) groups excluding carboxylic acids is 1. The highest BCUT2D eigenvalue weighted by Crippen LogP contribution is 2.38. The third-order valence-electron chi connectivity index (χ3n) is 7.15. The second kappa shape index (κ2) is 10.9. The highest BCUT2D eigenvalue weighted by atomic mass is 32.2. The maximum Gasteiger partial charge on any atom is 0.416 e. The quantitative estimate of drug-likeness (QED) is 0.377. The molecule has 0 spiro atoms.